The number of morpholine rings is 1. The third-order valence-electron chi connectivity index (χ3n) is 2.74. The number of fused-ring (bicyclic) bond motifs is 1. The monoisotopic (exact) mass is 203 g/mol. The van der Waals surface area contributed by atoms with Crippen molar-refractivity contribution in [1.82, 2.24) is 15.3 Å². The molecule has 1 aliphatic rings. The minimum absolute atomic E-state index is 0.277. The van der Waals surface area contributed by atoms with Gasteiger partial charge in [-0.3, -0.25) is 4.98 Å². The highest BCUT2D eigenvalue weighted by molar-refractivity contribution is 5.75. The number of H-pyrrole nitrogens is 1. The highest BCUT2D eigenvalue weighted by atomic mass is 16.5. The van der Waals surface area contributed by atoms with Crippen molar-refractivity contribution in [2.24, 2.45) is 0 Å². The maximum Gasteiger partial charge on any atom is 0.0878 e. The Labute approximate surface area is 87.7 Å². The van der Waals surface area contributed by atoms with Gasteiger partial charge in [-0.2, -0.15) is 0 Å². The normalized spacial score (nSPS) is 22.0. The van der Waals surface area contributed by atoms with Crippen LogP contribution in [0.2, 0.25) is 0 Å². The molecule has 0 amide bonds. The van der Waals surface area contributed by atoms with E-state index in [1.54, 1.807) is 0 Å². The summed E-state index contributed by atoms with van der Waals surface area (Å²) in [5.74, 6) is 0. The van der Waals surface area contributed by atoms with Crippen LogP contribution in [0, 0.1) is 0 Å². The Morgan fingerprint density at radius 1 is 1.47 bits per heavy atom. The van der Waals surface area contributed by atoms with Gasteiger partial charge in [0.2, 0.25) is 0 Å². The van der Waals surface area contributed by atoms with Crippen LogP contribution in [0.4, 0.5) is 0 Å². The fourth-order valence-electron chi connectivity index (χ4n) is 1.92. The van der Waals surface area contributed by atoms with E-state index in [0.717, 1.165) is 30.8 Å². The van der Waals surface area contributed by atoms with Crippen molar-refractivity contribution in [3.8, 4) is 0 Å². The molecule has 0 aliphatic carbocycles. The lowest BCUT2D eigenvalue weighted by molar-refractivity contribution is 0.0768. The van der Waals surface area contributed by atoms with Gasteiger partial charge in [0.15, 0.2) is 0 Å². The van der Waals surface area contributed by atoms with Gasteiger partial charge in [-0.1, -0.05) is 0 Å². The minimum atomic E-state index is 0.277. The van der Waals surface area contributed by atoms with Crippen LogP contribution in [0.5, 0.6) is 0 Å². The Morgan fingerprint density at radius 3 is 3.33 bits per heavy atom. The molecule has 2 aromatic rings. The molecule has 0 radical (unpaired) electrons. The maximum atomic E-state index is 5.43. The van der Waals surface area contributed by atoms with E-state index >= 15 is 0 Å². The minimum Gasteiger partial charge on any atom is -0.378 e. The van der Waals surface area contributed by atoms with E-state index in [1.807, 2.05) is 18.5 Å². The predicted molar refractivity (Wildman–Crippen MR) is 57.7 cm³/mol. The van der Waals surface area contributed by atoms with Gasteiger partial charge in [0.1, 0.15) is 0 Å². The molecule has 78 valence electrons. The SMILES string of the molecule is c1cc2ncc(C3COCCN3)cc2[nH]1. The lowest BCUT2D eigenvalue weighted by Gasteiger charge is -2.23. The van der Waals surface area contributed by atoms with Crippen molar-refractivity contribution in [2.45, 2.75) is 6.04 Å². The van der Waals surface area contributed by atoms with Gasteiger partial charge >= 0.3 is 0 Å². The summed E-state index contributed by atoms with van der Waals surface area (Å²) < 4.78 is 5.43. The van der Waals surface area contributed by atoms with Crippen LogP contribution in [-0.4, -0.2) is 29.7 Å². The zero-order valence-electron chi connectivity index (χ0n) is 8.36. The predicted octanol–water partition coefficient (Wildman–Crippen LogP) is 1.22. The maximum absolute atomic E-state index is 5.43. The van der Waals surface area contributed by atoms with Gasteiger partial charge in [-0.25, -0.2) is 0 Å². The molecule has 0 aromatic carbocycles. The number of nitrogens with one attached hydrogen (secondary N) is 2. The highest BCUT2D eigenvalue weighted by Gasteiger charge is 2.15. The van der Waals surface area contributed by atoms with Gasteiger partial charge in [0, 0.05) is 18.9 Å². The van der Waals surface area contributed by atoms with Crippen LogP contribution in [-0.2, 0) is 4.74 Å². The van der Waals surface area contributed by atoms with Crippen molar-refractivity contribution >= 4 is 11.0 Å². The third kappa shape index (κ3) is 1.62. The Morgan fingerprint density at radius 2 is 2.47 bits per heavy atom. The smallest absolute Gasteiger partial charge is 0.0878 e. The molecule has 1 atom stereocenters. The van der Waals surface area contributed by atoms with Gasteiger partial charge in [0.25, 0.3) is 0 Å². The topological polar surface area (TPSA) is 49.9 Å². The van der Waals surface area contributed by atoms with Crippen LogP contribution in [0.3, 0.4) is 0 Å². The Balaban J connectivity index is 1.95. The number of aromatic nitrogens is 2. The molecular formula is C11H13N3O. The van der Waals surface area contributed by atoms with Crippen LogP contribution in [0.1, 0.15) is 11.6 Å². The molecule has 4 heteroatoms. The number of hydrogen-bond donors (Lipinski definition) is 2. The number of aromatic amines is 1. The van der Waals surface area contributed by atoms with Crippen LogP contribution >= 0.6 is 0 Å². The van der Waals surface area contributed by atoms with Crippen molar-refractivity contribution in [1.29, 1.82) is 0 Å². The van der Waals surface area contributed by atoms with Gasteiger partial charge in [-0.15, -0.1) is 0 Å². The van der Waals surface area contributed by atoms with E-state index in [2.05, 4.69) is 21.4 Å². The van der Waals surface area contributed by atoms with Crippen molar-refractivity contribution < 1.29 is 4.74 Å². The molecular weight excluding hydrogens is 190 g/mol. The van der Waals surface area contributed by atoms with E-state index in [1.165, 1.54) is 5.56 Å². The Kier molecular flexibility index (Phi) is 2.16. The average molecular weight is 203 g/mol. The van der Waals surface area contributed by atoms with Crippen LogP contribution < -0.4 is 5.32 Å². The number of nitrogens with zero attached hydrogens (tertiary/aromatic N) is 1. The largest absolute Gasteiger partial charge is 0.378 e. The first kappa shape index (κ1) is 8.88. The quantitative estimate of drug-likeness (QED) is 0.732. The molecule has 3 heterocycles. The van der Waals surface area contributed by atoms with Gasteiger partial charge in [0.05, 0.1) is 30.3 Å². The number of rotatable bonds is 1. The fourth-order valence-corrected chi connectivity index (χ4v) is 1.92. The highest BCUT2D eigenvalue weighted by Crippen LogP contribution is 2.18. The second-order valence-electron chi connectivity index (χ2n) is 3.76. The van der Waals surface area contributed by atoms with Crippen molar-refractivity contribution in [3.63, 3.8) is 0 Å². The third-order valence-corrected chi connectivity index (χ3v) is 2.74. The molecule has 3 rings (SSSR count). The molecule has 15 heavy (non-hydrogen) atoms. The second-order valence-corrected chi connectivity index (χ2v) is 3.76. The molecule has 0 spiro atoms. The van der Waals surface area contributed by atoms with Gasteiger partial charge in [-0.05, 0) is 17.7 Å². The molecule has 1 fully saturated rings. The van der Waals surface area contributed by atoms with E-state index in [-0.39, 0.29) is 6.04 Å². The summed E-state index contributed by atoms with van der Waals surface area (Å²) in [7, 11) is 0. The lowest BCUT2D eigenvalue weighted by Crippen LogP contribution is -2.34. The first-order valence-corrected chi connectivity index (χ1v) is 5.18. The molecule has 2 N–H and O–H groups in total. The molecule has 1 saturated heterocycles. The van der Waals surface area contributed by atoms with E-state index in [4.69, 9.17) is 4.74 Å². The molecule has 1 aliphatic heterocycles. The van der Waals surface area contributed by atoms with Crippen molar-refractivity contribution in [2.75, 3.05) is 19.8 Å². The Hall–Kier alpha value is -1.39. The number of ether oxygens (including phenoxy) is 1. The first-order chi connectivity index (χ1) is 7.43. The van der Waals surface area contributed by atoms with Crippen LogP contribution in [0.25, 0.3) is 11.0 Å². The molecule has 1 unspecified atom stereocenters. The fraction of sp³-hybridized carbons (Fsp3) is 0.364. The van der Waals surface area contributed by atoms with E-state index in [0.29, 0.717) is 0 Å². The summed E-state index contributed by atoms with van der Waals surface area (Å²) in [4.78, 5) is 7.56. The summed E-state index contributed by atoms with van der Waals surface area (Å²) >= 11 is 0. The summed E-state index contributed by atoms with van der Waals surface area (Å²) in [5, 5.41) is 3.41. The summed E-state index contributed by atoms with van der Waals surface area (Å²) in [6.07, 6.45) is 3.83. The molecule has 0 bridgehead atoms. The van der Waals surface area contributed by atoms with Crippen LogP contribution in [0.15, 0.2) is 24.5 Å². The number of pyridine rings is 1. The van der Waals surface area contributed by atoms with Crippen molar-refractivity contribution in [3.05, 3.63) is 30.1 Å². The Bertz CT molecular complexity index is 460. The number of hydrogen-bond acceptors (Lipinski definition) is 3. The standard InChI is InChI=1S/C11H13N3O/c1-2-12-10-5-8(6-14-9(1)10)11-7-15-4-3-13-11/h1-2,5-6,11-13H,3-4,7H2. The van der Waals surface area contributed by atoms with Gasteiger partial charge < -0.3 is 15.0 Å². The summed E-state index contributed by atoms with van der Waals surface area (Å²) in [5.41, 5.74) is 3.28. The zero-order chi connectivity index (χ0) is 10.1. The lowest BCUT2D eigenvalue weighted by atomic mass is 10.1. The summed E-state index contributed by atoms with van der Waals surface area (Å²) in [6, 6.07) is 4.39. The van der Waals surface area contributed by atoms with E-state index in [9.17, 15) is 0 Å². The average Bonchev–Trinajstić information content (AvgIpc) is 2.77. The first-order valence-electron chi connectivity index (χ1n) is 5.18. The second kappa shape index (κ2) is 3.64. The molecule has 4 nitrogen and oxygen atoms in total. The molecule has 2 aromatic heterocycles. The zero-order valence-corrected chi connectivity index (χ0v) is 8.36. The summed E-state index contributed by atoms with van der Waals surface area (Å²) in [6.45, 7) is 2.44. The van der Waals surface area contributed by atoms with E-state index < -0.39 is 0 Å². The molecule has 0 saturated carbocycles.